The predicted octanol–water partition coefficient (Wildman–Crippen LogP) is -3.80. The van der Waals surface area contributed by atoms with Crippen LogP contribution in [0.4, 0.5) is 0 Å². The van der Waals surface area contributed by atoms with Gasteiger partial charge in [0.15, 0.2) is 0 Å². The molecule has 0 rings (SSSR count). The van der Waals surface area contributed by atoms with Crippen LogP contribution >= 0.6 is 0 Å². The average Bonchev–Trinajstić information content (AvgIpc) is 0.722. The molecule has 7 heteroatoms. The van der Waals surface area contributed by atoms with Crippen molar-refractivity contribution in [1.29, 1.82) is 0 Å². The van der Waals surface area contributed by atoms with Gasteiger partial charge in [-0.3, -0.25) is 0 Å². The van der Waals surface area contributed by atoms with E-state index in [4.69, 9.17) is 19.2 Å². The Kier molecular flexibility index (Phi) is 9.75. The van der Waals surface area contributed by atoms with E-state index in [1.807, 2.05) is 0 Å². The molecule has 0 aromatic carbocycles. The van der Waals surface area contributed by atoms with Crippen LogP contribution in [0.25, 0.3) is 0 Å². The van der Waals surface area contributed by atoms with Crippen molar-refractivity contribution in [2.75, 3.05) is 0 Å². The minimum absolute atomic E-state index is 0. The maximum atomic E-state index is 8.91. The van der Waals surface area contributed by atoms with E-state index in [1.165, 1.54) is 0 Å². The molecule has 40 valence electrons. The predicted molar refractivity (Wildman–Crippen MR) is 20.1 cm³/mol. The van der Waals surface area contributed by atoms with E-state index in [9.17, 15) is 0 Å². The second-order valence-corrected chi connectivity index (χ2v) is 1.72. The zero-order chi connectivity index (χ0) is 4.50. The van der Waals surface area contributed by atoms with Gasteiger partial charge in [-0.15, -0.1) is 0 Å². The van der Waals surface area contributed by atoms with Crippen molar-refractivity contribution in [3.63, 3.8) is 0 Å². The van der Waals surface area contributed by atoms with Gasteiger partial charge in [0.2, 0.25) is 0 Å². The zero-order valence-corrected chi connectivity index (χ0v) is 4.40. The van der Waals surface area contributed by atoms with Gasteiger partial charge in [0.1, 0.15) is 0 Å². The second kappa shape index (κ2) is 4.35. The molecule has 0 aromatic heterocycles. The molecule has 0 atom stereocenters. The first-order valence-electron chi connectivity index (χ1n) is 0.875. The third-order valence-electron chi connectivity index (χ3n) is 0. The van der Waals surface area contributed by atoms with Crippen LogP contribution in [0.3, 0.4) is 0 Å². The summed E-state index contributed by atoms with van der Waals surface area (Å²) in [5.74, 6) is 0. The van der Waals surface area contributed by atoms with Crippen molar-refractivity contribution in [2.45, 2.75) is 0 Å². The molecule has 5 nitrogen and oxygen atoms in total. The van der Waals surface area contributed by atoms with Crippen LogP contribution in [0, 0.1) is 0 Å². The van der Waals surface area contributed by atoms with E-state index in [1.54, 1.807) is 0 Å². The Bertz CT molecular complexity index is 23.6. The van der Waals surface area contributed by atoms with Gasteiger partial charge in [-0.1, -0.05) is 0 Å². The Labute approximate surface area is 44.9 Å². The minimum atomic E-state index is -4.86. The van der Waals surface area contributed by atoms with Crippen LogP contribution in [-0.4, -0.2) is 39.0 Å². The van der Waals surface area contributed by atoms with E-state index in [-0.39, 0.29) is 15.6 Å². The Morgan fingerprint density at radius 2 is 1.14 bits per heavy atom. The van der Waals surface area contributed by atoms with Crippen molar-refractivity contribution < 1.29 is 24.7 Å². The minimum Gasteiger partial charge on any atom is -0.870 e. The topological polar surface area (TPSA) is 114 Å². The Morgan fingerprint density at radius 3 is 1.14 bits per heavy atom. The molecule has 0 saturated heterocycles. The van der Waals surface area contributed by atoms with Gasteiger partial charge in [-0.2, -0.15) is 0 Å². The quantitative estimate of drug-likeness (QED) is 0.284. The summed E-state index contributed by atoms with van der Waals surface area (Å²) in [6.45, 7) is 0. The molecule has 0 amide bonds. The van der Waals surface area contributed by atoms with Crippen LogP contribution < -0.4 is 4.80 Å². The normalized spacial score (nSPS) is 8.57. The first-order chi connectivity index (χ1) is 2.00. The molecule has 0 aliphatic rings. The Hall–Kier alpha value is 0.186. The van der Waals surface area contributed by atoms with E-state index in [2.05, 4.69) is 0 Å². The maximum absolute atomic E-state index is 8.91. The molecular weight excluding hydrogens is 117 g/mol. The number of hydrogen-bond donors (Lipinski definition) is 3. The van der Waals surface area contributed by atoms with Gasteiger partial charge in [0, 0.05) is 0 Å². The molecule has 0 spiro atoms. The summed E-state index contributed by atoms with van der Waals surface area (Å²) >= 11 is 0. The van der Waals surface area contributed by atoms with Crippen LogP contribution in [0.1, 0.15) is 0 Å². The van der Waals surface area contributed by atoms with E-state index in [0.717, 1.165) is 0 Å². The molecule has 0 saturated carbocycles. The van der Waals surface area contributed by atoms with Crippen LogP contribution in [0.2, 0.25) is 0 Å². The summed E-state index contributed by atoms with van der Waals surface area (Å²) in [4.78, 5) is 30.6. The zero-order valence-electron chi connectivity index (χ0n) is 3.40. The fourth-order valence-corrected chi connectivity index (χ4v) is 0. The third kappa shape index (κ3) is 3140. The van der Waals surface area contributed by atoms with Crippen molar-refractivity contribution >= 4 is 19.2 Å². The average molecular weight is 121 g/mol. The van der Waals surface area contributed by atoms with Gasteiger partial charge in [0.05, 0.1) is 0 Å². The van der Waals surface area contributed by atoms with Crippen molar-refractivity contribution in [3.05, 3.63) is 0 Å². The summed E-state index contributed by atoms with van der Waals surface area (Å²) in [7, 11) is -4.86. The molecule has 0 heterocycles. The first kappa shape index (κ1) is 15.7. The monoisotopic (exact) mass is 121 g/mol. The van der Waals surface area contributed by atoms with E-state index >= 15 is 0 Å². The smallest absolute Gasteiger partial charge is 0.870 e. The van der Waals surface area contributed by atoms with Crippen LogP contribution in [0.15, 0.2) is 0 Å². The summed E-state index contributed by atoms with van der Waals surface area (Å²) in [5.41, 5.74) is 0. The molecule has 0 aliphatic heterocycles. The van der Waals surface area contributed by atoms with Crippen LogP contribution in [-0.2, 0) is 0 Å². The molecule has 0 bridgehead atoms. The number of rotatable bonds is 0. The first-order valence-corrected chi connectivity index (χ1v) is 2.62. The summed E-state index contributed by atoms with van der Waals surface area (Å²) < 4.78 is 0. The summed E-state index contributed by atoms with van der Waals surface area (Å²) in [5, 5.41) is 0. The fourth-order valence-electron chi connectivity index (χ4n) is 0. The Balaban J connectivity index is -0.0000000800. The fraction of sp³-hybridized carbons (Fsp3) is 0. The molecule has 0 aromatic rings. The van der Waals surface area contributed by atoms with Gasteiger partial charge in [-0.05, 0) is 0 Å². The standard InChI is InChI=1S/Be.H3O4Si.H2O/c;1-5(2,3)4;/h;1-3H;1H2/q+2;-1;/p-1. The van der Waals surface area contributed by atoms with Crippen molar-refractivity contribution in [1.82, 2.24) is 0 Å². The largest absolute Gasteiger partial charge is 2.00 e. The maximum Gasteiger partial charge on any atom is 2.00 e. The molecule has 0 unspecified atom stereocenters. The van der Waals surface area contributed by atoms with Gasteiger partial charge in [-0.25, -0.2) is 0 Å². The molecule has 0 fully saturated rings. The van der Waals surface area contributed by atoms with Gasteiger partial charge in [0.25, 0.3) is 0 Å². The number of hydrogen-bond acceptors (Lipinski definition) is 5. The van der Waals surface area contributed by atoms with Gasteiger partial charge >= 0.3 is 19.2 Å². The molecule has 0 aliphatic carbocycles. The molecular formula is H4BeO5Si. The van der Waals surface area contributed by atoms with Crippen molar-refractivity contribution in [3.8, 4) is 0 Å². The van der Waals surface area contributed by atoms with E-state index in [0.29, 0.717) is 0 Å². The Morgan fingerprint density at radius 1 is 1.14 bits per heavy atom. The van der Waals surface area contributed by atoms with Crippen LogP contribution in [0.5, 0.6) is 0 Å². The van der Waals surface area contributed by atoms with Gasteiger partial charge < -0.3 is 24.7 Å². The second-order valence-electron chi connectivity index (χ2n) is 0.574. The summed E-state index contributed by atoms with van der Waals surface area (Å²) in [6.07, 6.45) is 0. The molecule has 7 heavy (non-hydrogen) atoms. The summed E-state index contributed by atoms with van der Waals surface area (Å²) in [6, 6.07) is 0. The molecule has 4 N–H and O–H groups in total. The molecule has 0 radical (unpaired) electrons. The third-order valence-corrected chi connectivity index (χ3v) is 0. The van der Waals surface area contributed by atoms with Crippen molar-refractivity contribution in [2.24, 2.45) is 0 Å². The SMILES string of the molecule is [Be+2].[O-][Si](O)(O)O.[OH-]. The van der Waals surface area contributed by atoms with E-state index < -0.39 is 9.05 Å².